The van der Waals surface area contributed by atoms with E-state index in [1.807, 2.05) is 24.3 Å². The number of hydrogen-bond acceptors (Lipinski definition) is 3. The molecule has 0 saturated carbocycles. The van der Waals surface area contributed by atoms with Crippen molar-refractivity contribution in [3.63, 3.8) is 0 Å². The molecule has 5 aromatic carbocycles. The summed E-state index contributed by atoms with van der Waals surface area (Å²) in [4.78, 5) is 12.4. The van der Waals surface area contributed by atoms with Crippen molar-refractivity contribution in [3.05, 3.63) is 140 Å². The fourth-order valence-electron chi connectivity index (χ4n) is 4.30. The highest BCUT2D eigenvalue weighted by Crippen LogP contribution is 2.33. The number of phenolic OH excluding ortho intramolecular Hbond substituents is 1. The quantitative estimate of drug-likeness (QED) is 0.0610. The highest BCUT2D eigenvalue weighted by Gasteiger charge is 2.22. The number of alkyl halides is 2. The van der Waals surface area contributed by atoms with Crippen molar-refractivity contribution in [1.29, 1.82) is 0 Å². The lowest BCUT2D eigenvalue weighted by molar-refractivity contribution is 0.0729. The van der Waals surface area contributed by atoms with E-state index in [0.717, 1.165) is 36.6 Å². The van der Waals surface area contributed by atoms with Crippen LogP contribution in [0.25, 0.3) is 22.3 Å². The van der Waals surface area contributed by atoms with Gasteiger partial charge in [0.05, 0.1) is 10.4 Å². The van der Waals surface area contributed by atoms with Crippen LogP contribution in [0.3, 0.4) is 0 Å². The normalized spacial score (nSPS) is 9.85. The molecule has 0 radical (unpaired) electrons. The summed E-state index contributed by atoms with van der Waals surface area (Å²) in [5.41, 5.74) is 2.17. The fraction of sp³-hybridized carbons (Fsp3) is 0.184. The van der Waals surface area contributed by atoms with E-state index in [4.69, 9.17) is 67.8 Å². The molecule has 1 N–H and O–H groups in total. The maximum atomic E-state index is 15.0. The predicted molar refractivity (Wildman–Crippen MR) is 202 cm³/mol. The second kappa shape index (κ2) is 22.5. The summed E-state index contributed by atoms with van der Waals surface area (Å²) in [5.74, 6) is -8.21. The number of carbonyl (C=O) groups is 1. The lowest BCUT2D eigenvalue weighted by atomic mass is 9.97. The summed E-state index contributed by atoms with van der Waals surface area (Å²) in [6.45, 7) is 2.09. The second-order valence-corrected chi connectivity index (χ2v) is 11.8. The number of benzene rings is 5. The molecule has 3 nitrogen and oxygen atoms in total. The first-order valence-corrected chi connectivity index (χ1v) is 16.1. The first kappa shape index (κ1) is 48.4. The zero-order chi connectivity index (χ0) is 36.4. The number of hydrogen-bond donors (Lipinski definition) is 1. The Bertz CT molecular complexity index is 1870. The van der Waals surface area contributed by atoms with Gasteiger partial charge in [-0.25, -0.2) is 31.1 Å². The topological polar surface area (TPSA) is 46.5 Å². The Balaban J connectivity index is 0.00000139. The van der Waals surface area contributed by atoms with Gasteiger partial charge in [0.25, 0.3) is 0 Å². The van der Waals surface area contributed by atoms with Crippen LogP contribution in [0.4, 0.5) is 26.3 Å². The SMILES string of the molecule is C.C.C.CCCc1ccc(-c2ccc(-c3cc(F)c(C(=O)Oc4cc(F)c(Cl)c(F)c4)c(Cl)c3)c(F)c2)cc1.ClCCl.Oc1cc(F)c(Cl)c(F)c1. The van der Waals surface area contributed by atoms with Gasteiger partial charge in [-0.2, -0.15) is 0 Å². The van der Waals surface area contributed by atoms with Gasteiger partial charge in [0, 0.05) is 29.8 Å². The molecule has 5 aromatic rings. The number of ether oxygens (including phenoxy) is 1. The minimum absolute atomic E-state index is 0. The molecule has 0 bridgehead atoms. The summed E-state index contributed by atoms with van der Waals surface area (Å²) >= 11 is 26.1. The molecule has 0 fully saturated rings. The van der Waals surface area contributed by atoms with Crippen molar-refractivity contribution < 1.29 is 41.0 Å². The number of halogens is 11. The molecule has 0 atom stereocenters. The molecule has 0 aliphatic carbocycles. The van der Waals surface area contributed by atoms with Crippen LogP contribution < -0.4 is 4.74 Å². The lowest BCUT2D eigenvalue weighted by Gasteiger charge is -2.11. The van der Waals surface area contributed by atoms with Crippen molar-refractivity contribution in [2.45, 2.75) is 42.0 Å². The first-order valence-electron chi connectivity index (χ1n) is 13.9. The van der Waals surface area contributed by atoms with E-state index in [1.165, 1.54) is 23.8 Å². The largest absolute Gasteiger partial charge is 0.508 e. The molecule has 0 saturated heterocycles. The molecule has 0 aliphatic rings. The maximum absolute atomic E-state index is 15.0. The minimum Gasteiger partial charge on any atom is -0.508 e. The van der Waals surface area contributed by atoms with Crippen molar-refractivity contribution in [2.24, 2.45) is 0 Å². The standard InChI is InChI=1S/C28H18Cl2F4O2.C6H3ClF2O.CH2Cl2.3CH4/c1-2-3-15-4-6-16(7-5-15)17-8-9-20(22(31)11-17)18-10-21(29)26(23(32)12-18)28(35)36-19-13-24(33)27(30)25(34)14-19;7-6-4(8)1-3(10)2-5(6)9;2-1-3;;;/h4-14H,2-3H2,1H3;1-2,10H;1H2;3*1H4. The van der Waals surface area contributed by atoms with Crippen LogP contribution in [0.15, 0.2) is 78.9 Å². The molecule has 282 valence electrons. The number of esters is 1. The smallest absolute Gasteiger partial charge is 0.348 e. The van der Waals surface area contributed by atoms with Crippen LogP contribution in [0.1, 0.15) is 51.5 Å². The zero-order valence-electron chi connectivity index (χ0n) is 25.0. The van der Waals surface area contributed by atoms with Crippen LogP contribution in [0.2, 0.25) is 15.1 Å². The molecule has 14 heteroatoms. The lowest BCUT2D eigenvalue weighted by Crippen LogP contribution is -2.12. The Hall–Kier alpha value is -3.60. The summed E-state index contributed by atoms with van der Waals surface area (Å²) < 4.78 is 86.6. The number of carbonyl (C=O) groups excluding carboxylic acids is 1. The van der Waals surface area contributed by atoms with Gasteiger partial charge in [0.15, 0.2) is 0 Å². The second-order valence-electron chi connectivity index (χ2n) is 9.87. The van der Waals surface area contributed by atoms with Gasteiger partial charge in [-0.1, -0.05) is 107 Å². The Labute approximate surface area is 324 Å². The molecule has 0 amide bonds. The van der Waals surface area contributed by atoms with E-state index in [2.05, 4.69) is 6.92 Å². The molecule has 0 aromatic heterocycles. The Morgan fingerprint density at radius 3 is 1.56 bits per heavy atom. The average molecular weight is 831 g/mol. The molecule has 0 heterocycles. The number of aromatic hydroxyl groups is 1. The van der Waals surface area contributed by atoms with E-state index in [-0.39, 0.29) is 43.8 Å². The highest BCUT2D eigenvalue weighted by molar-refractivity contribution is 6.40. The predicted octanol–water partition coefficient (Wildman–Crippen LogP) is 14.7. The number of rotatable bonds is 6. The van der Waals surface area contributed by atoms with Gasteiger partial charge in [-0.3, -0.25) is 0 Å². The third-order valence-corrected chi connectivity index (χ3v) is 7.51. The molecule has 0 aliphatic heterocycles. The zero-order valence-corrected chi connectivity index (χ0v) is 28.8. The maximum Gasteiger partial charge on any atom is 0.348 e. The van der Waals surface area contributed by atoms with E-state index >= 15 is 4.39 Å². The molecule has 52 heavy (non-hydrogen) atoms. The molecule has 0 unspecified atom stereocenters. The minimum atomic E-state index is -1.28. The highest BCUT2D eigenvalue weighted by atomic mass is 35.5. The summed E-state index contributed by atoms with van der Waals surface area (Å²) in [6, 6.07) is 17.3. The summed E-state index contributed by atoms with van der Waals surface area (Å²) in [6.07, 6.45) is 1.98. The van der Waals surface area contributed by atoms with Gasteiger partial charge in [0.2, 0.25) is 0 Å². The summed E-state index contributed by atoms with van der Waals surface area (Å²) in [5, 5.41) is 7.04. The molecule has 5 rings (SSSR count). The van der Waals surface area contributed by atoms with E-state index < -0.39 is 68.0 Å². The van der Waals surface area contributed by atoms with Gasteiger partial charge in [-0.05, 0) is 46.9 Å². The van der Waals surface area contributed by atoms with Gasteiger partial charge >= 0.3 is 5.97 Å². The van der Waals surface area contributed by atoms with E-state index in [9.17, 15) is 26.7 Å². The van der Waals surface area contributed by atoms with Crippen molar-refractivity contribution in [1.82, 2.24) is 0 Å². The van der Waals surface area contributed by atoms with Gasteiger partial charge in [0.1, 0.15) is 62.0 Å². The first-order chi connectivity index (χ1) is 23.2. The van der Waals surface area contributed by atoms with Crippen LogP contribution >= 0.6 is 58.0 Å². The Morgan fingerprint density at radius 1 is 0.635 bits per heavy atom. The van der Waals surface area contributed by atoms with Crippen molar-refractivity contribution in [3.8, 4) is 33.8 Å². The van der Waals surface area contributed by atoms with Crippen LogP contribution in [0, 0.1) is 34.9 Å². The molecule has 0 spiro atoms. The van der Waals surface area contributed by atoms with Crippen LogP contribution in [-0.4, -0.2) is 16.4 Å². The van der Waals surface area contributed by atoms with E-state index in [0.29, 0.717) is 17.7 Å². The van der Waals surface area contributed by atoms with Gasteiger partial charge < -0.3 is 9.84 Å². The van der Waals surface area contributed by atoms with Crippen molar-refractivity contribution in [2.75, 3.05) is 5.34 Å². The Kier molecular flexibility index (Phi) is 20.9. The molecular weight excluding hydrogens is 796 g/mol. The van der Waals surface area contributed by atoms with Crippen LogP contribution in [-0.2, 0) is 6.42 Å². The molecular formula is C38H35Cl5F6O3. The van der Waals surface area contributed by atoms with Gasteiger partial charge in [-0.15, -0.1) is 23.2 Å². The van der Waals surface area contributed by atoms with Crippen molar-refractivity contribution >= 4 is 64.0 Å². The monoisotopic (exact) mass is 828 g/mol. The Morgan fingerprint density at radius 2 is 1.10 bits per heavy atom. The number of phenols is 1. The fourth-order valence-corrected chi connectivity index (χ4v) is 4.80. The third kappa shape index (κ3) is 12.8. The van der Waals surface area contributed by atoms with E-state index in [1.54, 1.807) is 6.07 Å². The number of aryl methyl sites for hydroxylation is 1. The summed E-state index contributed by atoms with van der Waals surface area (Å²) in [7, 11) is 0. The average Bonchev–Trinajstić information content (AvgIpc) is 3.03. The van der Waals surface area contributed by atoms with Crippen LogP contribution in [0.5, 0.6) is 11.5 Å². The third-order valence-electron chi connectivity index (χ3n) is 6.49.